The van der Waals surface area contributed by atoms with Gasteiger partial charge in [0.2, 0.25) is 0 Å². The van der Waals surface area contributed by atoms with Gasteiger partial charge in [0.05, 0.1) is 5.02 Å². The fraction of sp³-hybridized carbons (Fsp3) is 0.227. The van der Waals surface area contributed by atoms with Crippen molar-refractivity contribution in [2.24, 2.45) is 0 Å². The number of piperidine rings is 1. The lowest BCUT2D eigenvalue weighted by Crippen LogP contribution is -2.38. The molecule has 3 heterocycles. The van der Waals surface area contributed by atoms with Gasteiger partial charge in [-0.15, -0.1) is 0 Å². The molecule has 5 rings (SSSR count). The van der Waals surface area contributed by atoms with E-state index < -0.39 is 0 Å². The zero-order valence-corrected chi connectivity index (χ0v) is 17.7. The maximum Gasteiger partial charge on any atom is 0.170 e. The Bertz CT molecular complexity index is 1180. The summed E-state index contributed by atoms with van der Waals surface area (Å²) in [6, 6.07) is 15.6. The quantitative estimate of drug-likeness (QED) is 0.471. The topological polar surface area (TPSA) is 67.7 Å². The number of hydrogen-bond donors (Lipinski definition) is 2. The summed E-state index contributed by atoms with van der Waals surface area (Å²) in [7, 11) is 0. The van der Waals surface area contributed by atoms with Crippen LogP contribution in [0.5, 0.6) is 0 Å². The molecule has 0 aliphatic carbocycles. The number of nitrogens with zero attached hydrogens (tertiary/aromatic N) is 4. The molecule has 0 saturated carbocycles. The highest BCUT2D eigenvalue weighted by molar-refractivity contribution is 6.33. The molecule has 2 aromatic carbocycles. The van der Waals surface area contributed by atoms with Crippen molar-refractivity contribution in [1.82, 2.24) is 24.8 Å². The van der Waals surface area contributed by atoms with E-state index in [1.165, 1.54) is 0 Å². The first-order valence-electron chi connectivity index (χ1n) is 9.92. The number of nitrogens with one attached hydrogen (secondary N) is 2. The normalized spacial score (nSPS) is 16.7. The highest BCUT2D eigenvalue weighted by atomic mass is 35.5. The third kappa shape index (κ3) is 3.62. The molecule has 30 heavy (non-hydrogen) atoms. The predicted molar refractivity (Wildman–Crippen MR) is 122 cm³/mol. The smallest absolute Gasteiger partial charge is 0.170 e. The van der Waals surface area contributed by atoms with E-state index in [4.69, 9.17) is 28.2 Å². The van der Waals surface area contributed by atoms with Crippen LogP contribution in [0.3, 0.4) is 0 Å². The lowest BCUT2D eigenvalue weighted by Gasteiger charge is -2.24. The highest BCUT2D eigenvalue weighted by Gasteiger charge is 2.22. The molecule has 0 amide bonds. The minimum absolute atomic E-state index is 0.307. The molecule has 0 bridgehead atoms. The maximum absolute atomic E-state index is 6.53. The summed E-state index contributed by atoms with van der Waals surface area (Å²) in [5, 5.41) is 8.27. The number of imidazole rings is 1. The van der Waals surface area contributed by atoms with Crippen molar-refractivity contribution in [1.29, 1.82) is 0 Å². The van der Waals surface area contributed by atoms with Crippen LogP contribution >= 0.6 is 23.2 Å². The van der Waals surface area contributed by atoms with Gasteiger partial charge in [0.15, 0.2) is 17.0 Å². The molecule has 2 aromatic heterocycles. The lowest BCUT2D eigenvalue weighted by atomic mass is 10.1. The monoisotopic (exact) mass is 438 g/mol. The Morgan fingerprint density at radius 3 is 2.63 bits per heavy atom. The van der Waals surface area contributed by atoms with Crippen molar-refractivity contribution in [3.05, 3.63) is 64.9 Å². The van der Waals surface area contributed by atoms with Gasteiger partial charge in [-0.3, -0.25) is 4.57 Å². The van der Waals surface area contributed by atoms with Crippen molar-refractivity contribution in [2.75, 3.05) is 18.4 Å². The molecule has 8 heteroatoms. The van der Waals surface area contributed by atoms with Crippen LogP contribution in [0.15, 0.2) is 54.9 Å². The number of aromatic nitrogens is 4. The van der Waals surface area contributed by atoms with Crippen molar-refractivity contribution >= 4 is 40.2 Å². The van der Waals surface area contributed by atoms with E-state index in [1.54, 1.807) is 6.33 Å². The number of anilines is 1. The average Bonchev–Trinajstić information content (AvgIpc) is 3.16. The second kappa shape index (κ2) is 8.22. The van der Waals surface area contributed by atoms with E-state index in [0.29, 0.717) is 33.1 Å². The maximum atomic E-state index is 6.53. The molecule has 1 aliphatic rings. The Kier molecular flexibility index (Phi) is 5.29. The second-order valence-corrected chi connectivity index (χ2v) is 8.15. The average molecular weight is 439 g/mol. The van der Waals surface area contributed by atoms with Gasteiger partial charge in [-0.2, -0.15) is 0 Å². The lowest BCUT2D eigenvalue weighted by molar-refractivity contribution is 0.479. The fourth-order valence-corrected chi connectivity index (χ4v) is 4.17. The standard InChI is InChI=1S/C22H20Cl2N6/c23-14-7-9-16(10-8-14)30-21(17-5-1-2-6-18(17)24)29-19-20(26-13-27-22(19)30)28-15-4-3-11-25-12-15/h1-2,5-10,13,15,25H,3-4,11-12H2,(H,26,27,28)/t15-/m0/s1. The molecule has 4 aromatic rings. The summed E-state index contributed by atoms with van der Waals surface area (Å²) in [5.41, 5.74) is 3.17. The Hall–Kier alpha value is -2.67. The minimum Gasteiger partial charge on any atom is -0.364 e. The van der Waals surface area contributed by atoms with Crippen LogP contribution in [0.4, 0.5) is 5.82 Å². The zero-order chi connectivity index (χ0) is 20.5. The van der Waals surface area contributed by atoms with Crippen molar-refractivity contribution in [3.8, 4) is 17.1 Å². The van der Waals surface area contributed by atoms with E-state index in [9.17, 15) is 0 Å². The molecule has 0 spiro atoms. The third-order valence-electron chi connectivity index (χ3n) is 5.28. The molecular weight excluding hydrogens is 419 g/mol. The number of rotatable bonds is 4. The molecule has 0 radical (unpaired) electrons. The molecule has 0 unspecified atom stereocenters. The van der Waals surface area contributed by atoms with Crippen LogP contribution in [0.2, 0.25) is 10.0 Å². The number of benzene rings is 2. The molecule has 2 N–H and O–H groups in total. The highest BCUT2D eigenvalue weighted by Crippen LogP contribution is 2.34. The Morgan fingerprint density at radius 1 is 1.03 bits per heavy atom. The summed E-state index contributed by atoms with van der Waals surface area (Å²) in [6.07, 6.45) is 3.80. The first-order chi connectivity index (χ1) is 14.7. The predicted octanol–water partition coefficient (Wildman–Crippen LogP) is 4.95. The SMILES string of the molecule is Clc1ccc(-n2c(-c3ccccc3Cl)nc3c(N[C@H]4CCCNC4)ncnc32)cc1. The summed E-state index contributed by atoms with van der Waals surface area (Å²) in [4.78, 5) is 14.0. The van der Waals surface area contributed by atoms with Gasteiger partial charge < -0.3 is 10.6 Å². The van der Waals surface area contributed by atoms with E-state index >= 15 is 0 Å². The molecule has 1 saturated heterocycles. The Balaban J connectivity index is 1.70. The second-order valence-electron chi connectivity index (χ2n) is 7.31. The zero-order valence-electron chi connectivity index (χ0n) is 16.1. The number of hydrogen-bond acceptors (Lipinski definition) is 5. The number of fused-ring (bicyclic) bond motifs is 1. The largest absolute Gasteiger partial charge is 0.364 e. The van der Waals surface area contributed by atoms with Crippen LogP contribution < -0.4 is 10.6 Å². The van der Waals surface area contributed by atoms with Gasteiger partial charge in [-0.05, 0) is 55.8 Å². The molecular formula is C22H20Cl2N6. The summed E-state index contributed by atoms with van der Waals surface area (Å²) >= 11 is 12.7. The van der Waals surface area contributed by atoms with E-state index in [0.717, 1.165) is 43.0 Å². The summed E-state index contributed by atoms with van der Waals surface area (Å²) in [6.45, 7) is 1.96. The van der Waals surface area contributed by atoms with E-state index in [-0.39, 0.29) is 0 Å². The van der Waals surface area contributed by atoms with Gasteiger partial charge >= 0.3 is 0 Å². The summed E-state index contributed by atoms with van der Waals surface area (Å²) < 4.78 is 2.00. The van der Waals surface area contributed by atoms with Crippen molar-refractivity contribution in [3.63, 3.8) is 0 Å². The van der Waals surface area contributed by atoms with Crippen molar-refractivity contribution < 1.29 is 0 Å². The number of halogens is 2. The molecule has 1 aliphatic heterocycles. The van der Waals surface area contributed by atoms with Crippen LogP contribution in [0.1, 0.15) is 12.8 Å². The van der Waals surface area contributed by atoms with Gasteiger partial charge in [-0.1, -0.05) is 35.3 Å². The summed E-state index contributed by atoms with van der Waals surface area (Å²) in [5.74, 6) is 1.44. The molecule has 152 valence electrons. The van der Waals surface area contributed by atoms with Crippen LogP contribution in [0, 0.1) is 0 Å². The van der Waals surface area contributed by atoms with Gasteiger partial charge in [0.1, 0.15) is 12.2 Å². The third-order valence-corrected chi connectivity index (χ3v) is 5.86. The van der Waals surface area contributed by atoms with Gasteiger partial charge in [0, 0.05) is 28.9 Å². The van der Waals surface area contributed by atoms with E-state index in [1.807, 2.05) is 53.1 Å². The molecule has 1 fully saturated rings. The van der Waals surface area contributed by atoms with Crippen molar-refractivity contribution in [2.45, 2.75) is 18.9 Å². The fourth-order valence-electron chi connectivity index (χ4n) is 3.82. The first kappa shape index (κ1) is 19.3. The van der Waals surface area contributed by atoms with Crippen LogP contribution in [-0.2, 0) is 0 Å². The van der Waals surface area contributed by atoms with Crippen LogP contribution in [0.25, 0.3) is 28.2 Å². The Morgan fingerprint density at radius 2 is 1.87 bits per heavy atom. The minimum atomic E-state index is 0.307. The Labute approximate surface area is 184 Å². The first-order valence-corrected chi connectivity index (χ1v) is 10.7. The van der Waals surface area contributed by atoms with Crippen LogP contribution in [-0.4, -0.2) is 38.7 Å². The molecule has 1 atom stereocenters. The molecule has 6 nitrogen and oxygen atoms in total. The van der Waals surface area contributed by atoms with Gasteiger partial charge in [0.25, 0.3) is 0 Å². The van der Waals surface area contributed by atoms with E-state index in [2.05, 4.69) is 20.6 Å². The van der Waals surface area contributed by atoms with Gasteiger partial charge in [-0.25, -0.2) is 15.0 Å².